The van der Waals surface area contributed by atoms with E-state index in [1.54, 1.807) is 22.6 Å². The molecule has 146 valence electrons. The molecule has 7 nitrogen and oxygen atoms in total. The standard InChI is InChI=1S/C18H20FN3O4.ClH/c1-26-16-8-21(7-13(16)20)15-5-14-10(4-12(15)19)17(23)11(18(24)25)6-22(14)9-2-3-9;/h4-6,9,13,16H,2-3,7-8,20H2,1H3,(H,24,25);1H/t13-,16-;/m0./s1. The molecule has 1 aromatic heterocycles. The molecule has 1 saturated carbocycles. The average molecular weight is 398 g/mol. The highest BCUT2D eigenvalue weighted by atomic mass is 35.5. The molecule has 4 rings (SSSR count). The number of methoxy groups -OCH3 is 1. The number of hydrogen-bond donors (Lipinski definition) is 2. The van der Waals surface area contributed by atoms with Gasteiger partial charge in [-0.2, -0.15) is 0 Å². The number of anilines is 1. The number of fused-ring (bicyclic) bond motifs is 1. The molecule has 27 heavy (non-hydrogen) atoms. The van der Waals surface area contributed by atoms with Gasteiger partial charge in [-0.15, -0.1) is 12.4 Å². The van der Waals surface area contributed by atoms with E-state index < -0.39 is 17.2 Å². The Bertz CT molecular complexity index is 960. The molecule has 2 aliphatic rings. The highest BCUT2D eigenvalue weighted by Crippen LogP contribution is 2.38. The van der Waals surface area contributed by atoms with Crippen molar-refractivity contribution in [2.75, 3.05) is 25.1 Å². The molecule has 1 aliphatic carbocycles. The molecule has 2 atom stereocenters. The van der Waals surface area contributed by atoms with Crippen molar-refractivity contribution < 1.29 is 19.0 Å². The molecule has 9 heteroatoms. The summed E-state index contributed by atoms with van der Waals surface area (Å²) in [6.45, 7) is 0.906. The summed E-state index contributed by atoms with van der Waals surface area (Å²) in [6.07, 6.45) is 3.00. The van der Waals surface area contributed by atoms with Crippen LogP contribution in [-0.4, -0.2) is 48.0 Å². The van der Waals surface area contributed by atoms with E-state index in [0.29, 0.717) is 24.3 Å². The fourth-order valence-corrected chi connectivity index (χ4v) is 3.65. The number of carboxylic acids is 1. The Morgan fingerprint density at radius 3 is 2.59 bits per heavy atom. The summed E-state index contributed by atoms with van der Waals surface area (Å²) >= 11 is 0. The van der Waals surface area contributed by atoms with Crippen molar-refractivity contribution >= 4 is 35.0 Å². The zero-order valence-corrected chi connectivity index (χ0v) is 15.5. The minimum absolute atomic E-state index is 0. The molecule has 2 aromatic rings. The lowest BCUT2D eigenvalue weighted by molar-refractivity contribution is 0.0695. The van der Waals surface area contributed by atoms with Crippen molar-refractivity contribution in [1.82, 2.24) is 4.57 Å². The average Bonchev–Trinajstić information content (AvgIpc) is 3.37. The van der Waals surface area contributed by atoms with Crippen LogP contribution in [0.15, 0.2) is 23.1 Å². The lowest BCUT2D eigenvalue weighted by atomic mass is 10.1. The Morgan fingerprint density at radius 2 is 2.04 bits per heavy atom. The molecule has 0 amide bonds. The fraction of sp³-hybridized carbons (Fsp3) is 0.444. The molecular formula is C18H21ClFN3O4. The van der Waals surface area contributed by atoms with Crippen LogP contribution in [0.5, 0.6) is 0 Å². The third-order valence-electron chi connectivity index (χ3n) is 5.22. The topological polar surface area (TPSA) is 97.8 Å². The molecule has 0 spiro atoms. The number of aromatic nitrogens is 1. The van der Waals surface area contributed by atoms with Crippen molar-refractivity contribution in [3.05, 3.63) is 39.9 Å². The number of carbonyl (C=O) groups is 1. The smallest absolute Gasteiger partial charge is 0.341 e. The first-order valence-corrected chi connectivity index (χ1v) is 8.55. The van der Waals surface area contributed by atoms with E-state index >= 15 is 0 Å². The first kappa shape index (κ1) is 19.6. The lowest BCUT2D eigenvalue weighted by Gasteiger charge is -2.21. The third-order valence-corrected chi connectivity index (χ3v) is 5.22. The van der Waals surface area contributed by atoms with Gasteiger partial charge >= 0.3 is 5.97 Å². The SMILES string of the molecule is CO[C@H]1CN(c2cc3c(cc2F)c(=O)c(C(=O)O)cn3C2CC2)C[C@@H]1N.Cl. The number of aromatic carboxylic acids is 1. The summed E-state index contributed by atoms with van der Waals surface area (Å²) in [7, 11) is 1.57. The Labute approximate surface area is 160 Å². The summed E-state index contributed by atoms with van der Waals surface area (Å²) in [5.41, 5.74) is 5.94. The van der Waals surface area contributed by atoms with Gasteiger partial charge in [0.2, 0.25) is 5.43 Å². The van der Waals surface area contributed by atoms with E-state index in [2.05, 4.69) is 0 Å². The van der Waals surface area contributed by atoms with Crippen molar-refractivity contribution in [3.63, 3.8) is 0 Å². The summed E-state index contributed by atoms with van der Waals surface area (Å²) in [4.78, 5) is 25.7. The second-order valence-electron chi connectivity index (χ2n) is 6.98. The van der Waals surface area contributed by atoms with Gasteiger partial charge in [-0.1, -0.05) is 0 Å². The van der Waals surface area contributed by atoms with Gasteiger partial charge in [-0.05, 0) is 25.0 Å². The van der Waals surface area contributed by atoms with Gasteiger partial charge in [-0.3, -0.25) is 4.79 Å². The normalized spacial score (nSPS) is 22.1. The van der Waals surface area contributed by atoms with Gasteiger partial charge < -0.3 is 25.0 Å². The summed E-state index contributed by atoms with van der Waals surface area (Å²) in [6, 6.07) is 2.68. The van der Waals surface area contributed by atoms with Gasteiger partial charge in [0.25, 0.3) is 0 Å². The largest absolute Gasteiger partial charge is 0.477 e. The quantitative estimate of drug-likeness (QED) is 0.815. The number of pyridine rings is 1. The molecular weight excluding hydrogens is 377 g/mol. The van der Waals surface area contributed by atoms with Crippen LogP contribution in [0, 0.1) is 5.82 Å². The van der Waals surface area contributed by atoms with Gasteiger partial charge in [0, 0.05) is 37.8 Å². The molecule has 1 saturated heterocycles. The zero-order chi connectivity index (χ0) is 18.6. The van der Waals surface area contributed by atoms with Crippen LogP contribution in [0.3, 0.4) is 0 Å². The highest BCUT2D eigenvalue weighted by molar-refractivity contribution is 5.93. The van der Waals surface area contributed by atoms with E-state index in [4.69, 9.17) is 10.5 Å². The molecule has 2 fully saturated rings. The van der Waals surface area contributed by atoms with Crippen LogP contribution in [0.4, 0.5) is 10.1 Å². The number of halogens is 2. The van der Waals surface area contributed by atoms with E-state index in [1.807, 2.05) is 0 Å². The Kier molecular flexibility index (Phi) is 5.16. The number of nitrogens with zero attached hydrogens (tertiary/aromatic N) is 2. The first-order chi connectivity index (χ1) is 12.4. The molecule has 1 aliphatic heterocycles. The summed E-state index contributed by atoms with van der Waals surface area (Å²) in [5.74, 6) is -1.87. The fourth-order valence-electron chi connectivity index (χ4n) is 3.65. The van der Waals surface area contributed by atoms with E-state index in [1.165, 1.54) is 6.20 Å². The second kappa shape index (κ2) is 7.10. The monoisotopic (exact) mass is 397 g/mol. The summed E-state index contributed by atoms with van der Waals surface area (Å²) in [5, 5.41) is 9.38. The van der Waals surface area contributed by atoms with Crippen LogP contribution in [-0.2, 0) is 4.74 Å². The molecule has 0 radical (unpaired) electrons. The van der Waals surface area contributed by atoms with Crippen LogP contribution in [0.25, 0.3) is 10.9 Å². The summed E-state index contributed by atoms with van der Waals surface area (Å²) < 4.78 is 21.9. The predicted octanol–water partition coefficient (Wildman–Crippen LogP) is 1.76. The van der Waals surface area contributed by atoms with Crippen LogP contribution in [0.2, 0.25) is 0 Å². The molecule has 1 aromatic carbocycles. The molecule has 0 bridgehead atoms. The van der Waals surface area contributed by atoms with Crippen LogP contribution < -0.4 is 16.1 Å². The minimum atomic E-state index is -1.30. The number of nitrogens with two attached hydrogens (primary N) is 1. The number of benzene rings is 1. The second-order valence-corrected chi connectivity index (χ2v) is 6.98. The number of rotatable bonds is 4. The predicted molar refractivity (Wildman–Crippen MR) is 102 cm³/mol. The first-order valence-electron chi connectivity index (χ1n) is 8.55. The minimum Gasteiger partial charge on any atom is -0.477 e. The molecule has 3 N–H and O–H groups in total. The van der Waals surface area contributed by atoms with Crippen molar-refractivity contribution in [2.24, 2.45) is 5.73 Å². The zero-order valence-electron chi connectivity index (χ0n) is 14.7. The van der Waals surface area contributed by atoms with E-state index in [-0.39, 0.29) is 41.5 Å². The van der Waals surface area contributed by atoms with E-state index in [0.717, 1.165) is 18.9 Å². The van der Waals surface area contributed by atoms with Crippen LogP contribution in [0.1, 0.15) is 29.2 Å². The molecule has 2 heterocycles. The number of hydrogen-bond acceptors (Lipinski definition) is 5. The van der Waals surface area contributed by atoms with Crippen molar-refractivity contribution in [3.8, 4) is 0 Å². The van der Waals surface area contributed by atoms with Crippen LogP contribution >= 0.6 is 12.4 Å². The third kappa shape index (κ3) is 3.28. The number of ether oxygens (including phenoxy) is 1. The van der Waals surface area contributed by atoms with Gasteiger partial charge in [0.15, 0.2) is 0 Å². The van der Waals surface area contributed by atoms with E-state index in [9.17, 15) is 19.1 Å². The Hall–Kier alpha value is -2.16. The maximum absolute atomic E-state index is 14.8. The molecule has 0 unspecified atom stereocenters. The number of carboxylic acid groups (broad SMARTS) is 1. The van der Waals surface area contributed by atoms with Crippen molar-refractivity contribution in [2.45, 2.75) is 31.0 Å². The van der Waals surface area contributed by atoms with Gasteiger partial charge in [0.1, 0.15) is 11.4 Å². The highest BCUT2D eigenvalue weighted by Gasteiger charge is 2.33. The lowest BCUT2D eigenvalue weighted by Crippen LogP contribution is -2.34. The Morgan fingerprint density at radius 1 is 1.33 bits per heavy atom. The Balaban J connectivity index is 0.00000210. The van der Waals surface area contributed by atoms with Crippen molar-refractivity contribution in [1.29, 1.82) is 0 Å². The maximum Gasteiger partial charge on any atom is 0.341 e. The van der Waals surface area contributed by atoms with Gasteiger partial charge in [0.05, 0.1) is 23.3 Å². The maximum atomic E-state index is 14.8. The van der Waals surface area contributed by atoms with Gasteiger partial charge in [-0.25, -0.2) is 9.18 Å².